The summed E-state index contributed by atoms with van der Waals surface area (Å²) in [5, 5.41) is 0. The Morgan fingerprint density at radius 2 is 2.25 bits per heavy atom. The lowest BCUT2D eigenvalue weighted by atomic mass is 10.1. The highest BCUT2D eigenvalue weighted by Crippen LogP contribution is 2.17. The smallest absolute Gasteiger partial charge is 0.0876 e. The van der Waals surface area contributed by atoms with Crippen molar-refractivity contribution in [1.29, 1.82) is 0 Å². The maximum absolute atomic E-state index is 10.7. The quantitative estimate of drug-likeness (QED) is 0.496. The van der Waals surface area contributed by atoms with E-state index in [2.05, 4.69) is 0 Å². The number of allylic oxidation sites excluding steroid dienone is 1. The van der Waals surface area contributed by atoms with Crippen molar-refractivity contribution in [2.75, 3.05) is 18.1 Å². The molecule has 0 radical (unpaired) electrons. The van der Waals surface area contributed by atoms with Gasteiger partial charge in [-0.3, -0.25) is 4.21 Å². The molecule has 3 heteroatoms. The van der Waals surface area contributed by atoms with Crippen molar-refractivity contribution < 1.29 is 8.95 Å². The first-order chi connectivity index (χ1) is 5.68. The van der Waals surface area contributed by atoms with Gasteiger partial charge in [-0.1, -0.05) is 0 Å². The van der Waals surface area contributed by atoms with Crippen LogP contribution in [0.15, 0.2) is 11.8 Å². The van der Waals surface area contributed by atoms with Gasteiger partial charge in [0.2, 0.25) is 0 Å². The van der Waals surface area contributed by atoms with Crippen LogP contribution in [0.5, 0.6) is 0 Å². The van der Waals surface area contributed by atoms with Gasteiger partial charge in [0.15, 0.2) is 0 Å². The zero-order valence-corrected chi connectivity index (χ0v) is 8.52. The molecule has 1 rings (SSSR count). The molecule has 1 heterocycles. The van der Waals surface area contributed by atoms with E-state index in [1.165, 1.54) is 5.57 Å². The Bertz CT molecular complexity index is 187. The SMILES string of the molecule is CC(C)=COCCC1CS(=O)C1. The van der Waals surface area contributed by atoms with Crippen LogP contribution < -0.4 is 0 Å². The van der Waals surface area contributed by atoms with Crippen molar-refractivity contribution in [2.45, 2.75) is 20.3 Å². The van der Waals surface area contributed by atoms with E-state index in [1.807, 2.05) is 13.8 Å². The topological polar surface area (TPSA) is 26.3 Å². The Hall–Kier alpha value is -0.310. The molecule has 0 spiro atoms. The number of ether oxygens (including phenoxy) is 1. The standard InChI is InChI=1S/C9H16O2S/c1-8(2)5-11-4-3-9-6-12(10)7-9/h5,9H,3-4,6-7H2,1-2H3. The Morgan fingerprint density at radius 3 is 2.75 bits per heavy atom. The first kappa shape index (κ1) is 9.78. The predicted octanol–water partition coefficient (Wildman–Crippen LogP) is 1.70. The monoisotopic (exact) mass is 188 g/mol. The molecule has 1 aliphatic rings. The Labute approximate surface area is 76.5 Å². The van der Waals surface area contributed by atoms with Crippen LogP contribution in [0.4, 0.5) is 0 Å². The molecule has 0 unspecified atom stereocenters. The Morgan fingerprint density at radius 1 is 1.58 bits per heavy atom. The average Bonchev–Trinajstić information content (AvgIpc) is 1.93. The molecule has 0 aliphatic carbocycles. The van der Waals surface area contributed by atoms with Crippen LogP contribution in [0.3, 0.4) is 0 Å². The summed E-state index contributed by atoms with van der Waals surface area (Å²) < 4.78 is 16.0. The van der Waals surface area contributed by atoms with E-state index < -0.39 is 10.8 Å². The van der Waals surface area contributed by atoms with Gasteiger partial charge in [-0.05, 0) is 31.8 Å². The van der Waals surface area contributed by atoms with E-state index in [4.69, 9.17) is 4.74 Å². The number of rotatable bonds is 4. The molecule has 2 nitrogen and oxygen atoms in total. The highest BCUT2D eigenvalue weighted by Gasteiger charge is 2.24. The van der Waals surface area contributed by atoms with Gasteiger partial charge in [0.05, 0.1) is 12.9 Å². The zero-order valence-electron chi connectivity index (χ0n) is 7.71. The minimum atomic E-state index is -0.507. The predicted molar refractivity (Wildman–Crippen MR) is 51.4 cm³/mol. The van der Waals surface area contributed by atoms with E-state index in [0.29, 0.717) is 5.92 Å². The molecule has 1 aliphatic heterocycles. The lowest BCUT2D eigenvalue weighted by molar-refractivity contribution is 0.225. The molecule has 70 valence electrons. The fourth-order valence-corrected chi connectivity index (χ4v) is 2.39. The molecular weight excluding hydrogens is 172 g/mol. The van der Waals surface area contributed by atoms with E-state index in [9.17, 15) is 4.21 Å². The van der Waals surface area contributed by atoms with Crippen molar-refractivity contribution >= 4 is 10.8 Å². The summed E-state index contributed by atoms with van der Waals surface area (Å²) >= 11 is 0. The van der Waals surface area contributed by atoms with Gasteiger partial charge in [0, 0.05) is 22.3 Å². The molecule has 1 fully saturated rings. The molecule has 0 aromatic carbocycles. The normalized spacial score (nSPS) is 27.5. The molecule has 0 aromatic rings. The van der Waals surface area contributed by atoms with Crippen LogP contribution in [0.2, 0.25) is 0 Å². The van der Waals surface area contributed by atoms with Gasteiger partial charge in [-0.25, -0.2) is 0 Å². The summed E-state index contributed by atoms with van der Waals surface area (Å²) in [6.07, 6.45) is 2.84. The van der Waals surface area contributed by atoms with Crippen molar-refractivity contribution in [1.82, 2.24) is 0 Å². The summed E-state index contributed by atoms with van der Waals surface area (Å²) in [5.41, 5.74) is 1.19. The summed E-state index contributed by atoms with van der Waals surface area (Å²) in [6, 6.07) is 0. The van der Waals surface area contributed by atoms with Gasteiger partial charge < -0.3 is 4.74 Å². The largest absolute Gasteiger partial charge is 0.501 e. The van der Waals surface area contributed by atoms with Crippen molar-refractivity contribution in [2.24, 2.45) is 5.92 Å². The van der Waals surface area contributed by atoms with E-state index in [-0.39, 0.29) is 0 Å². The summed E-state index contributed by atoms with van der Waals surface area (Å²) in [6.45, 7) is 4.80. The lowest BCUT2D eigenvalue weighted by Crippen LogP contribution is -2.31. The first-order valence-electron chi connectivity index (χ1n) is 4.28. The van der Waals surface area contributed by atoms with Gasteiger partial charge >= 0.3 is 0 Å². The second kappa shape index (κ2) is 4.65. The van der Waals surface area contributed by atoms with Crippen molar-refractivity contribution in [3.63, 3.8) is 0 Å². The van der Waals surface area contributed by atoms with Gasteiger partial charge in [-0.2, -0.15) is 0 Å². The Balaban J connectivity index is 1.97. The summed E-state index contributed by atoms with van der Waals surface area (Å²) in [5.74, 6) is 2.42. The molecule has 0 bridgehead atoms. The van der Waals surface area contributed by atoms with E-state index in [1.54, 1.807) is 6.26 Å². The maximum Gasteiger partial charge on any atom is 0.0876 e. The third-order valence-corrected chi connectivity index (χ3v) is 3.49. The van der Waals surface area contributed by atoms with E-state index >= 15 is 0 Å². The summed E-state index contributed by atoms with van der Waals surface area (Å²) in [4.78, 5) is 0. The second-order valence-electron chi connectivity index (χ2n) is 3.49. The first-order valence-corrected chi connectivity index (χ1v) is 5.77. The third-order valence-electron chi connectivity index (χ3n) is 1.81. The van der Waals surface area contributed by atoms with Crippen molar-refractivity contribution in [3.8, 4) is 0 Å². The molecule has 0 amide bonds. The molecule has 0 aromatic heterocycles. The molecule has 12 heavy (non-hydrogen) atoms. The summed E-state index contributed by atoms with van der Waals surface area (Å²) in [7, 11) is -0.507. The fraction of sp³-hybridized carbons (Fsp3) is 0.778. The lowest BCUT2D eigenvalue weighted by Gasteiger charge is -2.24. The zero-order chi connectivity index (χ0) is 8.97. The third kappa shape index (κ3) is 3.39. The van der Waals surface area contributed by atoms with Gasteiger partial charge in [0.25, 0.3) is 0 Å². The molecule has 1 saturated heterocycles. The van der Waals surface area contributed by atoms with Gasteiger partial charge in [0.1, 0.15) is 0 Å². The Kier molecular flexibility index (Phi) is 3.79. The van der Waals surface area contributed by atoms with Crippen LogP contribution in [0, 0.1) is 5.92 Å². The average molecular weight is 188 g/mol. The number of hydrogen-bond acceptors (Lipinski definition) is 2. The van der Waals surface area contributed by atoms with Crippen LogP contribution in [-0.4, -0.2) is 22.3 Å². The minimum absolute atomic E-state index is 0.507. The van der Waals surface area contributed by atoms with E-state index in [0.717, 1.165) is 24.5 Å². The molecule has 0 atom stereocenters. The highest BCUT2D eigenvalue weighted by molar-refractivity contribution is 7.86. The van der Waals surface area contributed by atoms with Gasteiger partial charge in [-0.15, -0.1) is 0 Å². The molecule has 0 N–H and O–H groups in total. The van der Waals surface area contributed by atoms with Crippen LogP contribution >= 0.6 is 0 Å². The minimum Gasteiger partial charge on any atom is -0.501 e. The van der Waals surface area contributed by atoms with Crippen LogP contribution in [0.25, 0.3) is 0 Å². The highest BCUT2D eigenvalue weighted by atomic mass is 32.2. The maximum atomic E-state index is 10.7. The molecular formula is C9H16O2S. The number of hydrogen-bond donors (Lipinski definition) is 0. The fourth-order valence-electron chi connectivity index (χ4n) is 1.10. The van der Waals surface area contributed by atoms with Crippen LogP contribution in [0.1, 0.15) is 20.3 Å². The molecule has 0 saturated carbocycles. The second-order valence-corrected chi connectivity index (χ2v) is 5.04. The van der Waals surface area contributed by atoms with Crippen LogP contribution in [-0.2, 0) is 15.5 Å². The van der Waals surface area contributed by atoms with Crippen molar-refractivity contribution in [3.05, 3.63) is 11.8 Å².